The molecule has 0 saturated carbocycles. The summed E-state index contributed by atoms with van der Waals surface area (Å²) in [7, 11) is 0. The molecule has 1 unspecified atom stereocenters. The summed E-state index contributed by atoms with van der Waals surface area (Å²) < 4.78 is 8.16. The van der Waals surface area contributed by atoms with E-state index in [1.165, 1.54) is 32.2 Å². The number of nitro groups is 1. The number of nitro benzene ring substituents is 1. The molecule has 1 aliphatic heterocycles. The summed E-state index contributed by atoms with van der Waals surface area (Å²) in [5, 5.41) is 11.1. The Morgan fingerprint density at radius 1 is 1.34 bits per heavy atom. The van der Waals surface area contributed by atoms with Gasteiger partial charge in [0.15, 0.2) is 0 Å². The summed E-state index contributed by atoms with van der Waals surface area (Å²) >= 11 is 0. The largest absolute Gasteiger partial charge is 0.376 e. The number of nitrogens with zero attached hydrogens (tertiary/aromatic N) is 4. The van der Waals surface area contributed by atoms with Crippen molar-refractivity contribution in [3.8, 4) is 0 Å². The van der Waals surface area contributed by atoms with E-state index < -0.39 is 22.4 Å². The van der Waals surface area contributed by atoms with Crippen LogP contribution >= 0.6 is 0 Å². The second-order valence-electron chi connectivity index (χ2n) is 6.92. The lowest BCUT2D eigenvalue weighted by Gasteiger charge is -2.24. The molecular weight excluding hydrogens is 382 g/mol. The van der Waals surface area contributed by atoms with Gasteiger partial charge in [-0.15, -0.1) is 0 Å². The van der Waals surface area contributed by atoms with Crippen LogP contribution in [0.25, 0.3) is 11.0 Å². The molecule has 2 aromatic rings. The third-order valence-electron chi connectivity index (χ3n) is 4.97. The Labute approximate surface area is 165 Å². The summed E-state index contributed by atoms with van der Waals surface area (Å²) in [5.41, 5.74) is 5.47. The minimum absolute atomic E-state index is 0.142. The highest BCUT2D eigenvalue weighted by atomic mass is 16.6. The maximum absolute atomic E-state index is 12.9. The first-order chi connectivity index (χ1) is 13.8. The molecule has 1 aromatic heterocycles. The van der Waals surface area contributed by atoms with Crippen LogP contribution in [0.15, 0.2) is 23.0 Å². The maximum Gasteiger partial charge on any atom is 0.329 e. The molecule has 0 bridgehead atoms. The van der Waals surface area contributed by atoms with Crippen LogP contribution in [0.1, 0.15) is 19.8 Å². The number of benzene rings is 1. The molecule has 11 heteroatoms. The predicted molar refractivity (Wildman–Crippen MR) is 103 cm³/mol. The number of rotatable bonds is 8. The molecule has 1 fully saturated rings. The van der Waals surface area contributed by atoms with Crippen LogP contribution in [-0.4, -0.2) is 56.6 Å². The van der Waals surface area contributed by atoms with Crippen molar-refractivity contribution >= 4 is 28.5 Å². The number of hydrogen-bond donors (Lipinski definition) is 1. The summed E-state index contributed by atoms with van der Waals surface area (Å²) in [6, 6.07) is 4.05. The van der Waals surface area contributed by atoms with E-state index in [1.54, 1.807) is 6.92 Å². The van der Waals surface area contributed by atoms with Gasteiger partial charge in [-0.25, -0.2) is 4.79 Å². The monoisotopic (exact) mass is 405 g/mol. The summed E-state index contributed by atoms with van der Waals surface area (Å²) in [6.45, 7) is 2.27. The van der Waals surface area contributed by atoms with Crippen molar-refractivity contribution < 1.29 is 19.2 Å². The van der Waals surface area contributed by atoms with Crippen molar-refractivity contribution in [2.24, 2.45) is 5.73 Å². The number of fused-ring (bicyclic) bond motifs is 1. The topological polar surface area (TPSA) is 143 Å². The number of amides is 2. The Morgan fingerprint density at radius 2 is 2.10 bits per heavy atom. The zero-order valence-corrected chi connectivity index (χ0v) is 16.1. The lowest BCUT2D eigenvalue weighted by Crippen LogP contribution is -2.45. The summed E-state index contributed by atoms with van der Waals surface area (Å²) in [4.78, 5) is 48.9. The standard InChI is InChI=1S/C18H23N5O6/c1-2-21-15-8-12(23(27)28)5-6-14(15)22(18(21)26)11-17(25)20(10-16(19)24)9-13-4-3-7-29-13/h5-6,8,13H,2-4,7,9-11H2,1H3,(H2,19,24). The van der Waals surface area contributed by atoms with E-state index in [0.717, 1.165) is 12.8 Å². The highest BCUT2D eigenvalue weighted by Crippen LogP contribution is 2.21. The van der Waals surface area contributed by atoms with Crippen LogP contribution in [0, 0.1) is 10.1 Å². The second kappa shape index (κ2) is 8.43. The lowest BCUT2D eigenvalue weighted by atomic mass is 10.2. The smallest absolute Gasteiger partial charge is 0.329 e. The van der Waals surface area contributed by atoms with Gasteiger partial charge in [0.1, 0.15) is 6.54 Å². The van der Waals surface area contributed by atoms with Gasteiger partial charge in [-0.2, -0.15) is 0 Å². The molecule has 0 spiro atoms. The number of imidazole rings is 1. The van der Waals surface area contributed by atoms with Gasteiger partial charge in [-0.05, 0) is 25.8 Å². The SMILES string of the molecule is CCn1c(=O)n(CC(=O)N(CC(N)=O)CC2CCCO2)c2ccc([N+](=O)[O-])cc21. The van der Waals surface area contributed by atoms with E-state index in [-0.39, 0.29) is 31.4 Å². The van der Waals surface area contributed by atoms with Crippen molar-refractivity contribution in [3.63, 3.8) is 0 Å². The first kappa shape index (κ1) is 20.5. The third-order valence-corrected chi connectivity index (χ3v) is 4.97. The molecule has 156 valence electrons. The number of aromatic nitrogens is 2. The van der Waals surface area contributed by atoms with Crippen molar-refractivity contribution in [2.75, 3.05) is 19.7 Å². The fourth-order valence-corrected chi connectivity index (χ4v) is 3.59. The van der Waals surface area contributed by atoms with E-state index in [1.807, 2.05) is 0 Å². The second-order valence-corrected chi connectivity index (χ2v) is 6.92. The first-order valence-corrected chi connectivity index (χ1v) is 9.37. The van der Waals surface area contributed by atoms with Crippen LogP contribution in [-0.2, 0) is 27.4 Å². The molecule has 2 amide bonds. The van der Waals surface area contributed by atoms with E-state index in [9.17, 15) is 24.5 Å². The minimum atomic E-state index is -0.657. The minimum Gasteiger partial charge on any atom is -0.376 e. The fraction of sp³-hybridized carbons (Fsp3) is 0.500. The molecule has 2 N–H and O–H groups in total. The zero-order chi connectivity index (χ0) is 21.1. The molecule has 1 aromatic carbocycles. The van der Waals surface area contributed by atoms with Crippen molar-refractivity contribution in [3.05, 3.63) is 38.8 Å². The first-order valence-electron chi connectivity index (χ1n) is 9.37. The number of carbonyl (C=O) groups excluding carboxylic acids is 2. The van der Waals surface area contributed by atoms with Gasteiger partial charge in [0, 0.05) is 31.8 Å². The van der Waals surface area contributed by atoms with Gasteiger partial charge in [-0.1, -0.05) is 0 Å². The van der Waals surface area contributed by atoms with Crippen LogP contribution in [0.4, 0.5) is 5.69 Å². The fourth-order valence-electron chi connectivity index (χ4n) is 3.59. The number of nitrogens with two attached hydrogens (primary N) is 1. The number of aryl methyl sites for hydroxylation is 1. The van der Waals surface area contributed by atoms with Gasteiger partial charge in [-0.3, -0.25) is 28.8 Å². The Morgan fingerprint density at radius 3 is 2.69 bits per heavy atom. The van der Waals surface area contributed by atoms with Gasteiger partial charge in [0.25, 0.3) is 5.69 Å². The molecule has 1 atom stereocenters. The number of carbonyl (C=O) groups is 2. The average molecular weight is 405 g/mol. The molecule has 0 radical (unpaired) electrons. The molecule has 11 nitrogen and oxygen atoms in total. The van der Waals surface area contributed by atoms with Gasteiger partial charge < -0.3 is 15.4 Å². The summed E-state index contributed by atoms with van der Waals surface area (Å²) in [6.07, 6.45) is 1.49. The van der Waals surface area contributed by atoms with Gasteiger partial charge in [0.2, 0.25) is 11.8 Å². The molecule has 0 aliphatic carbocycles. The highest BCUT2D eigenvalue weighted by molar-refractivity contribution is 5.85. The number of primary amides is 1. The van der Waals surface area contributed by atoms with E-state index >= 15 is 0 Å². The number of non-ortho nitro benzene ring substituents is 1. The van der Waals surface area contributed by atoms with Gasteiger partial charge in [0.05, 0.1) is 28.6 Å². The molecule has 1 aliphatic rings. The van der Waals surface area contributed by atoms with Crippen LogP contribution in [0.3, 0.4) is 0 Å². The zero-order valence-electron chi connectivity index (χ0n) is 16.1. The Hall–Kier alpha value is -3.21. The molecule has 2 heterocycles. The number of ether oxygens (including phenoxy) is 1. The van der Waals surface area contributed by atoms with E-state index in [4.69, 9.17) is 10.5 Å². The Kier molecular flexibility index (Phi) is 5.97. The number of hydrogen-bond acceptors (Lipinski definition) is 6. The van der Waals surface area contributed by atoms with Crippen LogP contribution < -0.4 is 11.4 Å². The highest BCUT2D eigenvalue weighted by Gasteiger charge is 2.25. The van der Waals surface area contributed by atoms with Gasteiger partial charge >= 0.3 is 5.69 Å². The third kappa shape index (κ3) is 4.29. The van der Waals surface area contributed by atoms with E-state index in [0.29, 0.717) is 24.2 Å². The average Bonchev–Trinajstić information content (AvgIpc) is 3.27. The summed E-state index contributed by atoms with van der Waals surface area (Å²) in [5.74, 6) is -1.11. The molecule has 1 saturated heterocycles. The lowest BCUT2D eigenvalue weighted by molar-refractivity contribution is -0.384. The van der Waals surface area contributed by atoms with Crippen molar-refractivity contribution in [2.45, 2.75) is 39.0 Å². The van der Waals surface area contributed by atoms with Crippen LogP contribution in [0.2, 0.25) is 0 Å². The predicted octanol–water partition coefficient (Wildman–Crippen LogP) is 0.224. The quantitative estimate of drug-likeness (QED) is 0.492. The van der Waals surface area contributed by atoms with E-state index in [2.05, 4.69) is 0 Å². The molecule has 3 rings (SSSR count). The van der Waals surface area contributed by atoms with Crippen LogP contribution in [0.5, 0.6) is 0 Å². The normalized spacial score (nSPS) is 16.2. The Bertz CT molecular complexity index is 1000. The molecule has 29 heavy (non-hydrogen) atoms. The maximum atomic E-state index is 12.9. The Balaban J connectivity index is 1.93. The van der Waals surface area contributed by atoms with Crippen molar-refractivity contribution in [1.82, 2.24) is 14.0 Å². The molecular formula is C18H23N5O6. The van der Waals surface area contributed by atoms with Crippen molar-refractivity contribution in [1.29, 1.82) is 0 Å².